The van der Waals surface area contributed by atoms with Crippen LogP contribution in [0.1, 0.15) is 48.9 Å². The van der Waals surface area contributed by atoms with Crippen molar-refractivity contribution in [2.45, 2.75) is 58.0 Å². The molecular formula is C39H52N8O. The van der Waals surface area contributed by atoms with Gasteiger partial charge >= 0.3 is 6.01 Å². The highest BCUT2D eigenvalue weighted by Crippen LogP contribution is 2.47. The van der Waals surface area contributed by atoms with E-state index >= 15 is 0 Å². The lowest BCUT2D eigenvalue weighted by Gasteiger charge is -2.42. The Labute approximate surface area is 286 Å². The van der Waals surface area contributed by atoms with Gasteiger partial charge < -0.3 is 24.3 Å². The highest BCUT2D eigenvalue weighted by molar-refractivity contribution is 5.97. The zero-order chi connectivity index (χ0) is 33.1. The summed E-state index contributed by atoms with van der Waals surface area (Å²) in [5.74, 6) is 1.01. The summed E-state index contributed by atoms with van der Waals surface area (Å²) < 4.78 is 6.58. The Bertz CT molecular complexity index is 1650. The Balaban J connectivity index is 1.16. The molecule has 1 atom stereocenters. The number of nitriles is 1. The minimum atomic E-state index is 0.150. The average Bonchev–Trinajstić information content (AvgIpc) is 3.66. The van der Waals surface area contributed by atoms with Crippen LogP contribution in [0.3, 0.4) is 0 Å². The molecule has 1 aromatic heterocycles. The number of likely N-dealkylation sites (N-methyl/N-ethyl adjacent to an activating group) is 1. The summed E-state index contributed by atoms with van der Waals surface area (Å²) in [6, 6.07) is 16.3. The van der Waals surface area contributed by atoms with Gasteiger partial charge in [-0.3, -0.25) is 4.90 Å². The van der Waals surface area contributed by atoms with Crippen LogP contribution in [-0.2, 0) is 13.0 Å². The van der Waals surface area contributed by atoms with Crippen LogP contribution in [0.15, 0.2) is 48.6 Å². The molecule has 1 unspecified atom stereocenters. The quantitative estimate of drug-likeness (QED) is 0.244. The number of piperazine rings is 1. The maximum atomic E-state index is 9.79. The Morgan fingerprint density at radius 1 is 1.00 bits per heavy atom. The predicted octanol–water partition coefficient (Wildman–Crippen LogP) is 5.28. The number of nitrogens with zero attached hydrogens (tertiary/aromatic N) is 8. The number of hydrogen-bond acceptors (Lipinski definition) is 9. The molecular weight excluding hydrogens is 596 g/mol. The van der Waals surface area contributed by atoms with Gasteiger partial charge in [0.15, 0.2) is 0 Å². The molecule has 7 rings (SSSR count). The lowest BCUT2D eigenvalue weighted by atomic mass is 9.99. The summed E-state index contributed by atoms with van der Waals surface area (Å²) in [7, 11) is 4.17. The number of anilines is 2. The third-order valence-corrected chi connectivity index (χ3v) is 10.9. The molecule has 4 heterocycles. The Morgan fingerprint density at radius 2 is 1.81 bits per heavy atom. The van der Waals surface area contributed by atoms with Gasteiger partial charge in [-0.25, -0.2) is 0 Å². The van der Waals surface area contributed by atoms with Crippen LogP contribution in [0.4, 0.5) is 11.5 Å². The van der Waals surface area contributed by atoms with Crippen molar-refractivity contribution in [2.75, 3.05) is 89.4 Å². The Kier molecular flexibility index (Phi) is 9.85. The van der Waals surface area contributed by atoms with Crippen molar-refractivity contribution < 1.29 is 4.74 Å². The van der Waals surface area contributed by atoms with Crippen LogP contribution in [0.25, 0.3) is 10.8 Å². The molecule has 0 bridgehead atoms. The van der Waals surface area contributed by atoms with Gasteiger partial charge in [0.2, 0.25) is 0 Å². The van der Waals surface area contributed by atoms with E-state index in [4.69, 9.17) is 14.7 Å². The minimum Gasteiger partial charge on any atom is -0.463 e. The summed E-state index contributed by atoms with van der Waals surface area (Å²) in [5.41, 5.74) is 5.12. The Hall–Kier alpha value is -3.71. The Morgan fingerprint density at radius 3 is 2.58 bits per heavy atom. The van der Waals surface area contributed by atoms with E-state index in [1.54, 1.807) is 0 Å². The highest BCUT2D eigenvalue weighted by atomic mass is 16.5. The van der Waals surface area contributed by atoms with E-state index in [9.17, 15) is 5.26 Å². The van der Waals surface area contributed by atoms with Gasteiger partial charge in [0.1, 0.15) is 5.82 Å². The van der Waals surface area contributed by atoms with Crippen LogP contribution < -0.4 is 14.5 Å². The van der Waals surface area contributed by atoms with Crippen LogP contribution in [-0.4, -0.2) is 110 Å². The van der Waals surface area contributed by atoms with Crippen molar-refractivity contribution in [1.82, 2.24) is 24.7 Å². The minimum absolute atomic E-state index is 0.150. The number of rotatable bonds is 12. The molecule has 9 nitrogen and oxygen atoms in total. The van der Waals surface area contributed by atoms with E-state index in [1.807, 2.05) is 0 Å². The first-order chi connectivity index (χ1) is 23.4. The van der Waals surface area contributed by atoms with E-state index in [-0.39, 0.29) is 11.5 Å². The van der Waals surface area contributed by atoms with E-state index < -0.39 is 0 Å². The largest absolute Gasteiger partial charge is 0.463 e. The third-order valence-electron chi connectivity index (χ3n) is 10.9. The van der Waals surface area contributed by atoms with E-state index in [2.05, 4.69) is 100 Å². The maximum absolute atomic E-state index is 9.79. The fourth-order valence-electron chi connectivity index (χ4n) is 7.97. The second-order valence-corrected chi connectivity index (χ2v) is 14.8. The molecule has 2 saturated heterocycles. The van der Waals surface area contributed by atoms with Gasteiger partial charge in [-0.1, -0.05) is 42.5 Å². The van der Waals surface area contributed by atoms with E-state index in [1.165, 1.54) is 66.4 Å². The van der Waals surface area contributed by atoms with Crippen molar-refractivity contribution in [2.24, 2.45) is 5.41 Å². The first-order valence-corrected chi connectivity index (χ1v) is 18.1. The molecule has 254 valence electrons. The fraction of sp³-hybridized carbons (Fsp3) is 0.564. The fourth-order valence-corrected chi connectivity index (χ4v) is 7.97. The lowest BCUT2D eigenvalue weighted by Crippen LogP contribution is -2.53. The SMILES string of the molecule is Cc1cccc2cccc(N3CCc4c(nc(OCC5(CN6CCCC6)CC5)nc4N4CCN(C/C=C/CN(C)C)C(CC#N)C4)C3)c12. The number of likely N-dealkylation sites (tertiary alicyclic amines) is 1. The van der Waals surface area contributed by atoms with Crippen molar-refractivity contribution >= 4 is 22.3 Å². The molecule has 9 heteroatoms. The second-order valence-electron chi connectivity index (χ2n) is 14.8. The van der Waals surface area contributed by atoms with Crippen LogP contribution in [0, 0.1) is 23.7 Å². The maximum Gasteiger partial charge on any atom is 0.318 e. The monoisotopic (exact) mass is 648 g/mol. The van der Waals surface area contributed by atoms with Crippen molar-refractivity contribution in [1.29, 1.82) is 5.26 Å². The van der Waals surface area contributed by atoms with E-state index in [0.29, 0.717) is 19.0 Å². The summed E-state index contributed by atoms with van der Waals surface area (Å²) in [6.07, 6.45) is 10.9. The normalized spacial score (nSPS) is 21.3. The number of ether oxygens (including phenoxy) is 1. The summed E-state index contributed by atoms with van der Waals surface area (Å²) in [6.45, 7) is 12.4. The zero-order valence-corrected chi connectivity index (χ0v) is 29.2. The van der Waals surface area contributed by atoms with Gasteiger partial charge in [0, 0.05) is 73.9 Å². The average molecular weight is 649 g/mol. The van der Waals surface area contributed by atoms with Crippen molar-refractivity contribution in [3.05, 3.63) is 65.4 Å². The molecule has 0 N–H and O–H groups in total. The molecule has 0 spiro atoms. The van der Waals surface area contributed by atoms with Crippen LogP contribution in [0.2, 0.25) is 0 Å². The van der Waals surface area contributed by atoms with Gasteiger partial charge in [0.05, 0.1) is 31.3 Å². The number of aryl methyl sites for hydroxylation is 1. The number of aromatic nitrogens is 2. The first-order valence-electron chi connectivity index (χ1n) is 18.1. The van der Waals surface area contributed by atoms with Gasteiger partial charge in [-0.2, -0.15) is 15.2 Å². The molecule has 3 aliphatic heterocycles. The lowest BCUT2D eigenvalue weighted by molar-refractivity contribution is 0.169. The molecule has 1 aliphatic carbocycles. The third kappa shape index (κ3) is 7.31. The molecule has 0 amide bonds. The molecule has 1 saturated carbocycles. The molecule has 3 fully saturated rings. The summed E-state index contributed by atoms with van der Waals surface area (Å²) in [4.78, 5) is 22.5. The van der Waals surface area contributed by atoms with Crippen LogP contribution >= 0.6 is 0 Å². The molecule has 2 aromatic carbocycles. The smallest absolute Gasteiger partial charge is 0.318 e. The van der Waals surface area contributed by atoms with Gasteiger partial charge in [-0.15, -0.1) is 0 Å². The second kappa shape index (κ2) is 14.4. The predicted molar refractivity (Wildman–Crippen MR) is 194 cm³/mol. The number of benzene rings is 2. The van der Waals surface area contributed by atoms with Crippen molar-refractivity contribution in [3.63, 3.8) is 0 Å². The topological polar surface area (TPSA) is 75.0 Å². The zero-order valence-electron chi connectivity index (χ0n) is 29.2. The molecule has 48 heavy (non-hydrogen) atoms. The molecule has 0 radical (unpaired) electrons. The first kappa shape index (κ1) is 32.8. The number of fused-ring (bicyclic) bond motifs is 2. The van der Waals surface area contributed by atoms with Gasteiger partial charge in [-0.05, 0) is 83.2 Å². The number of hydrogen-bond donors (Lipinski definition) is 0. The molecule has 4 aliphatic rings. The summed E-state index contributed by atoms with van der Waals surface area (Å²) >= 11 is 0. The van der Waals surface area contributed by atoms with Gasteiger partial charge in [0.25, 0.3) is 0 Å². The molecule has 3 aromatic rings. The summed E-state index contributed by atoms with van der Waals surface area (Å²) in [5, 5.41) is 12.4. The van der Waals surface area contributed by atoms with Crippen LogP contribution in [0.5, 0.6) is 6.01 Å². The highest BCUT2D eigenvalue weighted by Gasteiger charge is 2.45. The van der Waals surface area contributed by atoms with Crippen molar-refractivity contribution in [3.8, 4) is 12.1 Å². The standard InChI is InChI=1S/C39H52N8O/c1-30-10-8-11-31-12-9-13-35(36(30)31)46-23-15-33-34(27-46)41-38(48-29-39(16-17-39)28-44-20-5-6-21-44)42-37(33)47-25-24-45(32(26-47)14-18-40)22-7-4-19-43(2)3/h4,7-13,32H,5-6,14-17,19-29H2,1-3H3/b7-4+. The van der Waals surface area contributed by atoms with E-state index in [0.717, 1.165) is 70.3 Å².